The van der Waals surface area contributed by atoms with Crippen LogP contribution in [-0.2, 0) is 6.54 Å². The van der Waals surface area contributed by atoms with E-state index >= 15 is 0 Å². The molecule has 0 bridgehead atoms. The maximum atomic E-state index is 14.0. The molecular formula is C12H9F2N3O. The van der Waals surface area contributed by atoms with Gasteiger partial charge in [0, 0.05) is 18.0 Å². The lowest BCUT2D eigenvalue weighted by Gasteiger charge is -2.10. The first-order chi connectivity index (χ1) is 8.67. The molecule has 0 unspecified atom stereocenters. The summed E-state index contributed by atoms with van der Waals surface area (Å²) in [6, 6.07) is 2.67. The summed E-state index contributed by atoms with van der Waals surface area (Å²) in [6.45, 7) is 6.89. The highest BCUT2D eigenvalue weighted by Crippen LogP contribution is 2.35. The summed E-state index contributed by atoms with van der Waals surface area (Å²) in [7, 11) is 1.20. The van der Waals surface area contributed by atoms with E-state index in [1.807, 2.05) is 0 Å². The average molecular weight is 249 g/mol. The van der Waals surface area contributed by atoms with E-state index in [1.165, 1.54) is 11.8 Å². The van der Waals surface area contributed by atoms with Gasteiger partial charge in [-0.2, -0.15) is 5.10 Å². The van der Waals surface area contributed by atoms with E-state index in [-0.39, 0.29) is 17.9 Å². The van der Waals surface area contributed by atoms with Crippen LogP contribution in [0, 0.1) is 18.2 Å². The van der Waals surface area contributed by atoms with Crippen LogP contribution in [0.15, 0.2) is 24.5 Å². The second-order valence-electron chi connectivity index (χ2n) is 3.53. The largest absolute Gasteiger partial charge is 0.505 e. The Morgan fingerprint density at radius 2 is 2.28 bits per heavy atom. The van der Waals surface area contributed by atoms with Crippen LogP contribution in [0.1, 0.15) is 5.56 Å². The van der Waals surface area contributed by atoms with Gasteiger partial charge < -0.3 is 4.74 Å². The van der Waals surface area contributed by atoms with Crippen molar-refractivity contribution in [3.63, 3.8) is 0 Å². The van der Waals surface area contributed by atoms with Gasteiger partial charge in [-0.15, -0.1) is 0 Å². The van der Waals surface area contributed by atoms with E-state index in [0.717, 1.165) is 6.07 Å². The van der Waals surface area contributed by atoms with E-state index in [9.17, 15) is 8.78 Å². The van der Waals surface area contributed by atoms with Gasteiger partial charge in [-0.3, -0.25) is 4.68 Å². The molecule has 1 aromatic heterocycles. The molecule has 6 heteroatoms. The number of hydrogen-bond donors (Lipinski definition) is 0. The molecule has 2 aromatic rings. The van der Waals surface area contributed by atoms with Crippen LogP contribution in [0.4, 0.5) is 14.5 Å². The molecule has 0 aliphatic carbocycles. The molecule has 1 aromatic carbocycles. The van der Waals surface area contributed by atoms with Crippen molar-refractivity contribution in [3.8, 4) is 5.75 Å². The molecular weight excluding hydrogens is 240 g/mol. The molecule has 0 atom stereocenters. The number of halogens is 2. The molecule has 0 spiro atoms. The highest BCUT2D eigenvalue weighted by Gasteiger charge is 2.19. The second-order valence-corrected chi connectivity index (χ2v) is 3.53. The predicted octanol–water partition coefficient (Wildman–Crippen LogP) is 2.77. The Morgan fingerprint density at radius 3 is 2.83 bits per heavy atom. The highest BCUT2D eigenvalue weighted by molar-refractivity contribution is 5.60. The van der Waals surface area contributed by atoms with E-state index in [4.69, 9.17) is 11.3 Å². The van der Waals surface area contributed by atoms with Crippen molar-refractivity contribution < 1.29 is 13.5 Å². The normalized spacial score (nSPS) is 10.1. The predicted molar refractivity (Wildman–Crippen MR) is 60.5 cm³/mol. The zero-order chi connectivity index (χ0) is 13.1. The van der Waals surface area contributed by atoms with Gasteiger partial charge in [0.25, 0.3) is 5.69 Å². The second kappa shape index (κ2) is 4.84. The minimum atomic E-state index is -0.801. The topological polar surface area (TPSA) is 31.4 Å². The third-order valence-corrected chi connectivity index (χ3v) is 2.43. The van der Waals surface area contributed by atoms with Crippen LogP contribution < -0.4 is 4.74 Å². The van der Waals surface area contributed by atoms with Crippen molar-refractivity contribution in [3.05, 3.63) is 53.1 Å². The summed E-state index contributed by atoms with van der Waals surface area (Å²) in [5.74, 6) is -1.90. The van der Waals surface area contributed by atoms with Crippen LogP contribution in [-0.4, -0.2) is 16.9 Å². The summed E-state index contributed by atoms with van der Waals surface area (Å²) >= 11 is 0. The Morgan fingerprint density at radius 1 is 1.50 bits per heavy atom. The number of aromatic nitrogens is 2. The van der Waals surface area contributed by atoms with Gasteiger partial charge in [0.05, 0.1) is 20.2 Å². The first-order valence-electron chi connectivity index (χ1n) is 5.07. The standard InChI is InChI=1S/C12H9F2N3O/c1-15-11-9(13)6-8(10(14)12(11)18-2)7-17-5-3-4-16-17/h3-6H,7H2,2H3. The van der Waals surface area contributed by atoms with Gasteiger partial charge in [0.15, 0.2) is 11.6 Å². The number of benzene rings is 1. The fraction of sp³-hybridized carbons (Fsp3) is 0.167. The van der Waals surface area contributed by atoms with Gasteiger partial charge in [-0.1, -0.05) is 0 Å². The lowest BCUT2D eigenvalue weighted by Crippen LogP contribution is -2.04. The quantitative estimate of drug-likeness (QED) is 0.783. The van der Waals surface area contributed by atoms with Crippen LogP contribution >= 0.6 is 0 Å². The lowest BCUT2D eigenvalue weighted by molar-refractivity contribution is 0.382. The molecule has 0 aliphatic rings. The van der Waals surface area contributed by atoms with Gasteiger partial charge in [0.1, 0.15) is 5.82 Å². The van der Waals surface area contributed by atoms with Crippen LogP contribution in [0.25, 0.3) is 4.85 Å². The van der Waals surface area contributed by atoms with Crippen molar-refractivity contribution in [1.29, 1.82) is 0 Å². The summed E-state index contributed by atoms with van der Waals surface area (Å²) in [5.41, 5.74) is -0.361. The third-order valence-electron chi connectivity index (χ3n) is 2.43. The van der Waals surface area contributed by atoms with Crippen LogP contribution in [0.5, 0.6) is 5.75 Å². The van der Waals surface area contributed by atoms with Gasteiger partial charge in [0.2, 0.25) is 0 Å². The molecule has 0 aliphatic heterocycles. The Bertz CT molecular complexity index is 603. The van der Waals surface area contributed by atoms with Gasteiger partial charge in [-0.25, -0.2) is 13.6 Å². The van der Waals surface area contributed by atoms with Crippen molar-refractivity contribution in [2.24, 2.45) is 0 Å². The molecule has 0 saturated carbocycles. The van der Waals surface area contributed by atoms with Gasteiger partial charge in [-0.05, 0) is 12.1 Å². The first-order valence-corrected chi connectivity index (χ1v) is 5.07. The zero-order valence-corrected chi connectivity index (χ0v) is 9.52. The van der Waals surface area contributed by atoms with Gasteiger partial charge >= 0.3 is 0 Å². The first kappa shape index (κ1) is 12.0. The minimum Gasteiger partial charge on any atom is -0.505 e. The number of nitrogens with zero attached hydrogens (tertiary/aromatic N) is 3. The fourth-order valence-corrected chi connectivity index (χ4v) is 1.62. The van der Waals surface area contributed by atoms with Crippen molar-refractivity contribution in [2.45, 2.75) is 6.54 Å². The smallest absolute Gasteiger partial charge is 0.265 e. The van der Waals surface area contributed by atoms with Crippen molar-refractivity contribution >= 4 is 5.69 Å². The average Bonchev–Trinajstić information content (AvgIpc) is 2.85. The molecule has 4 nitrogen and oxygen atoms in total. The molecule has 1 heterocycles. The summed E-state index contributed by atoms with van der Waals surface area (Å²) in [5, 5.41) is 3.91. The van der Waals surface area contributed by atoms with E-state index in [1.54, 1.807) is 18.5 Å². The molecule has 18 heavy (non-hydrogen) atoms. The monoisotopic (exact) mass is 249 g/mol. The Labute approximate surface area is 102 Å². The molecule has 2 rings (SSSR count). The highest BCUT2D eigenvalue weighted by atomic mass is 19.1. The van der Waals surface area contributed by atoms with E-state index in [0.29, 0.717) is 0 Å². The Balaban J connectivity index is 2.50. The maximum Gasteiger partial charge on any atom is 0.265 e. The number of hydrogen-bond acceptors (Lipinski definition) is 2. The van der Waals surface area contributed by atoms with Crippen LogP contribution in [0.2, 0.25) is 0 Å². The Kier molecular flexibility index (Phi) is 3.24. The molecule has 0 radical (unpaired) electrons. The summed E-state index contributed by atoms with van der Waals surface area (Å²) in [4.78, 5) is 2.93. The minimum absolute atomic E-state index is 0.0738. The van der Waals surface area contributed by atoms with Crippen molar-refractivity contribution in [2.75, 3.05) is 7.11 Å². The molecule has 0 N–H and O–H groups in total. The number of methoxy groups -OCH3 is 1. The summed E-state index contributed by atoms with van der Waals surface area (Å²) in [6.07, 6.45) is 3.17. The summed E-state index contributed by atoms with van der Waals surface area (Å²) < 4.78 is 33.8. The fourth-order valence-electron chi connectivity index (χ4n) is 1.62. The molecule has 0 fully saturated rings. The van der Waals surface area contributed by atoms with Crippen LogP contribution in [0.3, 0.4) is 0 Å². The molecule has 92 valence electrons. The van der Waals surface area contributed by atoms with Crippen molar-refractivity contribution in [1.82, 2.24) is 9.78 Å². The number of ether oxygens (including phenoxy) is 1. The SMILES string of the molecule is [C-]#[N+]c1c(F)cc(Cn2cccn2)c(F)c1OC. The number of rotatable bonds is 3. The molecule has 0 saturated heterocycles. The van der Waals surface area contributed by atoms with E-state index in [2.05, 4.69) is 9.94 Å². The maximum absolute atomic E-state index is 14.0. The lowest BCUT2D eigenvalue weighted by atomic mass is 10.1. The third kappa shape index (κ3) is 2.02. The molecule has 0 amide bonds. The zero-order valence-electron chi connectivity index (χ0n) is 9.52. The Hall–Kier alpha value is -2.42. The van der Waals surface area contributed by atoms with E-state index < -0.39 is 17.3 Å².